The summed E-state index contributed by atoms with van der Waals surface area (Å²) in [6.45, 7) is 0.450. The van der Waals surface area contributed by atoms with Gasteiger partial charge in [-0.3, -0.25) is 4.79 Å². The Balaban J connectivity index is 2.29. The van der Waals surface area contributed by atoms with Crippen LogP contribution in [0.5, 0.6) is 0 Å². The summed E-state index contributed by atoms with van der Waals surface area (Å²) in [5, 5.41) is 0. The Morgan fingerprint density at radius 3 is 3.00 bits per heavy atom. The summed E-state index contributed by atoms with van der Waals surface area (Å²) in [6.07, 6.45) is 3.49. The van der Waals surface area contributed by atoms with Crippen molar-refractivity contribution in [2.24, 2.45) is 0 Å². The first kappa shape index (κ1) is 7.16. The van der Waals surface area contributed by atoms with Crippen molar-refractivity contribution in [3.8, 4) is 0 Å². The second-order valence-corrected chi connectivity index (χ2v) is 2.55. The van der Waals surface area contributed by atoms with E-state index >= 15 is 0 Å². The maximum atomic E-state index is 11.0. The van der Waals surface area contributed by atoms with Crippen molar-refractivity contribution in [3.05, 3.63) is 30.2 Å². The maximum Gasteiger partial charge on any atom is 0.168 e. The lowest BCUT2D eigenvalue weighted by Crippen LogP contribution is -2.08. The Bertz CT molecular complexity index is 309. The highest BCUT2D eigenvalue weighted by Gasteiger charge is 2.13. The number of carbonyl (C=O) groups excluding carboxylic acids is 1. The van der Waals surface area contributed by atoms with E-state index in [1.807, 2.05) is 0 Å². The van der Waals surface area contributed by atoms with Gasteiger partial charge < -0.3 is 9.15 Å². The van der Waals surface area contributed by atoms with Gasteiger partial charge in [-0.2, -0.15) is 0 Å². The van der Waals surface area contributed by atoms with E-state index in [-0.39, 0.29) is 5.78 Å². The molecule has 0 amide bonds. The zero-order valence-corrected chi connectivity index (χ0v) is 6.45. The van der Waals surface area contributed by atoms with E-state index in [1.165, 1.54) is 6.08 Å². The van der Waals surface area contributed by atoms with Gasteiger partial charge in [-0.05, 0) is 12.1 Å². The lowest BCUT2D eigenvalue weighted by Gasteiger charge is -2.11. The van der Waals surface area contributed by atoms with Crippen molar-refractivity contribution in [3.63, 3.8) is 0 Å². The zero-order valence-electron chi connectivity index (χ0n) is 6.45. The van der Waals surface area contributed by atoms with E-state index in [4.69, 9.17) is 9.15 Å². The molecule has 2 rings (SSSR count). The molecule has 3 nitrogen and oxygen atoms in total. The van der Waals surface area contributed by atoms with Gasteiger partial charge in [0.15, 0.2) is 17.3 Å². The molecule has 0 saturated heterocycles. The van der Waals surface area contributed by atoms with Crippen LogP contribution in [0, 0.1) is 0 Å². The summed E-state index contributed by atoms with van der Waals surface area (Å²) in [5.41, 5.74) is 0. The Hall–Kier alpha value is -1.51. The number of carbonyl (C=O) groups is 1. The normalized spacial score (nSPS) is 17.0. The fourth-order valence-electron chi connectivity index (χ4n) is 1.08. The number of ketones is 1. The molecule has 0 aliphatic carbocycles. The second-order valence-electron chi connectivity index (χ2n) is 2.55. The summed E-state index contributed by atoms with van der Waals surface area (Å²) in [6, 6.07) is 3.53. The van der Waals surface area contributed by atoms with Crippen molar-refractivity contribution >= 4 is 11.5 Å². The van der Waals surface area contributed by atoms with Crippen molar-refractivity contribution in [1.82, 2.24) is 0 Å². The van der Waals surface area contributed by atoms with Crippen molar-refractivity contribution < 1.29 is 13.9 Å². The zero-order chi connectivity index (χ0) is 8.39. The van der Waals surface area contributed by atoms with Crippen LogP contribution in [0.1, 0.15) is 12.2 Å². The molecule has 1 aliphatic rings. The van der Waals surface area contributed by atoms with Crippen molar-refractivity contribution in [2.75, 3.05) is 6.61 Å². The first-order valence-electron chi connectivity index (χ1n) is 3.77. The molecule has 12 heavy (non-hydrogen) atoms. The maximum absolute atomic E-state index is 11.0. The Morgan fingerprint density at radius 1 is 1.42 bits per heavy atom. The molecule has 0 N–H and O–H groups in total. The number of hydrogen-bond acceptors (Lipinski definition) is 3. The molecule has 3 heteroatoms. The van der Waals surface area contributed by atoms with Crippen LogP contribution in [-0.2, 0) is 9.53 Å². The van der Waals surface area contributed by atoms with E-state index in [2.05, 4.69) is 0 Å². The van der Waals surface area contributed by atoms with Gasteiger partial charge in [-0.1, -0.05) is 0 Å². The third-order valence-electron chi connectivity index (χ3n) is 1.66. The highest BCUT2D eigenvalue weighted by molar-refractivity contribution is 5.96. The molecular weight excluding hydrogens is 156 g/mol. The predicted molar refractivity (Wildman–Crippen MR) is 42.3 cm³/mol. The van der Waals surface area contributed by atoms with Crippen molar-refractivity contribution in [1.29, 1.82) is 0 Å². The quantitative estimate of drug-likeness (QED) is 0.633. The van der Waals surface area contributed by atoms with E-state index in [1.54, 1.807) is 18.4 Å². The van der Waals surface area contributed by atoms with Gasteiger partial charge in [0.25, 0.3) is 0 Å². The Kier molecular flexibility index (Phi) is 1.70. The molecule has 1 aliphatic heterocycles. The minimum absolute atomic E-state index is 0.0904. The van der Waals surface area contributed by atoms with Gasteiger partial charge in [0.05, 0.1) is 12.9 Å². The molecular formula is C9H8O3. The third kappa shape index (κ3) is 1.25. The van der Waals surface area contributed by atoms with Crippen LogP contribution in [0.4, 0.5) is 0 Å². The Labute approximate surface area is 69.6 Å². The van der Waals surface area contributed by atoms with E-state index < -0.39 is 0 Å². The van der Waals surface area contributed by atoms with E-state index in [0.29, 0.717) is 24.5 Å². The molecule has 0 aromatic carbocycles. The first-order valence-corrected chi connectivity index (χ1v) is 3.77. The average Bonchev–Trinajstić information content (AvgIpc) is 2.56. The van der Waals surface area contributed by atoms with E-state index in [9.17, 15) is 4.79 Å². The van der Waals surface area contributed by atoms with Gasteiger partial charge in [-0.25, -0.2) is 0 Å². The lowest BCUT2D eigenvalue weighted by atomic mass is 10.2. The predicted octanol–water partition coefficient (Wildman–Crippen LogP) is 1.61. The van der Waals surface area contributed by atoms with Gasteiger partial charge in [-0.15, -0.1) is 0 Å². The van der Waals surface area contributed by atoms with Crippen LogP contribution >= 0.6 is 0 Å². The van der Waals surface area contributed by atoms with Crippen LogP contribution in [0.2, 0.25) is 0 Å². The smallest absolute Gasteiger partial charge is 0.168 e. The summed E-state index contributed by atoms with van der Waals surface area (Å²) in [7, 11) is 0. The van der Waals surface area contributed by atoms with Crippen molar-refractivity contribution in [2.45, 2.75) is 6.42 Å². The van der Waals surface area contributed by atoms with Gasteiger partial charge >= 0.3 is 0 Å². The number of furan rings is 1. The summed E-state index contributed by atoms with van der Waals surface area (Å²) in [4.78, 5) is 11.0. The van der Waals surface area contributed by atoms with Crippen LogP contribution in [0.25, 0.3) is 5.76 Å². The van der Waals surface area contributed by atoms with E-state index in [0.717, 1.165) is 0 Å². The summed E-state index contributed by atoms with van der Waals surface area (Å²) < 4.78 is 10.3. The fourth-order valence-corrected chi connectivity index (χ4v) is 1.08. The molecule has 0 spiro atoms. The number of hydrogen-bond donors (Lipinski definition) is 0. The molecule has 1 aromatic heterocycles. The van der Waals surface area contributed by atoms with Gasteiger partial charge in [0, 0.05) is 12.5 Å². The fraction of sp³-hybridized carbons (Fsp3) is 0.222. The van der Waals surface area contributed by atoms with Crippen LogP contribution < -0.4 is 0 Å². The monoisotopic (exact) mass is 164 g/mol. The number of allylic oxidation sites excluding steroid dienone is 1. The van der Waals surface area contributed by atoms with Gasteiger partial charge in [0.2, 0.25) is 0 Å². The molecule has 0 bridgehead atoms. The highest BCUT2D eigenvalue weighted by Crippen LogP contribution is 2.19. The standard InChI is InChI=1S/C9H8O3/c10-7-3-5-12-9(6-7)8-2-1-4-11-8/h1-2,4,6H,3,5H2. The number of rotatable bonds is 1. The molecule has 0 fully saturated rings. The minimum Gasteiger partial charge on any atom is -0.489 e. The van der Waals surface area contributed by atoms with Crippen LogP contribution in [-0.4, -0.2) is 12.4 Å². The largest absolute Gasteiger partial charge is 0.489 e. The Morgan fingerprint density at radius 2 is 2.33 bits per heavy atom. The van der Waals surface area contributed by atoms with Crippen LogP contribution in [0.3, 0.4) is 0 Å². The summed E-state index contributed by atoms with van der Waals surface area (Å²) in [5.74, 6) is 1.24. The van der Waals surface area contributed by atoms with Crippen LogP contribution in [0.15, 0.2) is 28.9 Å². The average molecular weight is 164 g/mol. The molecule has 62 valence electrons. The highest BCUT2D eigenvalue weighted by atomic mass is 16.5. The molecule has 2 heterocycles. The topological polar surface area (TPSA) is 39.4 Å². The molecule has 0 atom stereocenters. The third-order valence-corrected chi connectivity index (χ3v) is 1.66. The summed E-state index contributed by atoms with van der Waals surface area (Å²) >= 11 is 0. The lowest BCUT2D eigenvalue weighted by molar-refractivity contribution is -0.115. The second kappa shape index (κ2) is 2.85. The van der Waals surface area contributed by atoms with Gasteiger partial charge in [0.1, 0.15) is 0 Å². The molecule has 0 saturated carbocycles. The SMILES string of the molecule is O=C1C=C(c2ccco2)OCC1. The first-order chi connectivity index (χ1) is 5.86. The molecule has 0 radical (unpaired) electrons. The number of ether oxygens (including phenoxy) is 1. The molecule has 0 unspecified atom stereocenters. The minimum atomic E-state index is 0.0904. The molecule has 1 aromatic rings.